The number of rotatable bonds is 4. The van der Waals surface area contributed by atoms with Crippen molar-refractivity contribution in [3.63, 3.8) is 0 Å². The third-order valence-electron chi connectivity index (χ3n) is 3.87. The van der Waals surface area contributed by atoms with Gasteiger partial charge in [-0.1, -0.05) is 42.5 Å². The van der Waals surface area contributed by atoms with Crippen LogP contribution in [0, 0.1) is 13.8 Å². The first kappa shape index (κ1) is 15.0. The summed E-state index contributed by atoms with van der Waals surface area (Å²) in [5, 5.41) is 7.22. The number of ketones is 1. The third-order valence-corrected chi connectivity index (χ3v) is 3.87. The summed E-state index contributed by atoms with van der Waals surface area (Å²) >= 11 is 0. The number of hydrogen-bond donors (Lipinski definition) is 1. The monoisotopic (exact) mass is 302 g/mol. The van der Waals surface area contributed by atoms with E-state index in [9.17, 15) is 4.79 Å². The lowest BCUT2D eigenvalue weighted by molar-refractivity contribution is 0.104. The minimum Gasteiger partial charge on any atom is -0.289 e. The molecule has 0 unspecified atom stereocenters. The minimum absolute atomic E-state index is 0.0102. The van der Waals surface area contributed by atoms with Crippen molar-refractivity contribution < 1.29 is 4.79 Å². The highest BCUT2D eigenvalue weighted by Crippen LogP contribution is 2.17. The number of allylic oxidation sites excluding steroid dienone is 1. The average Bonchev–Trinajstić information content (AvgIpc) is 3.05. The van der Waals surface area contributed by atoms with Gasteiger partial charge in [-0.05, 0) is 49.3 Å². The van der Waals surface area contributed by atoms with E-state index in [-0.39, 0.29) is 5.78 Å². The topological polar surface area (TPSA) is 45.8 Å². The minimum atomic E-state index is -0.0102. The van der Waals surface area contributed by atoms with E-state index in [0.717, 1.165) is 22.5 Å². The molecule has 2 aromatic carbocycles. The van der Waals surface area contributed by atoms with Crippen LogP contribution >= 0.6 is 0 Å². The van der Waals surface area contributed by atoms with Crippen LogP contribution in [-0.2, 0) is 0 Å². The van der Waals surface area contributed by atoms with Gasteiger partial charge >= 0.3 is 0 Å². The van der Waals surface area contributed by atoms with Crippen molar-refractivity contribution in [2.75, 3.05) is 0 Å². The summed E-state index contributed by atoms with van der Waals surface area (Å²) in [5.41, 5.74) is 5.73. The fourth-order valence-electron chi connectivity index (χ4n) is 2.34. The fraction of sp³-hybridized carbons (Fsp3) is 0.100. The molecule has 1 N–H and O–H groups in total. The number of aromatic nitrogens is 2. The van der Waals surface area contributed by atoms with Gasteiger partial charge < -0.3 is 0 Å². The van der Waals surface area contributed by atoms with Crippen LogP contribution in [0.2, 0.25) is 0 Å². The largest absolute Gasteiger partial charge is 0.289 e. The number of benzene rings is 2. The highest BCUT2D eigenvalue weighted by atomic mass is 16.1. The first-order valence-corrected chi connectivity index (χ1v) is 7.54. The number of hydrogen-bond acceptors (Lipinski definition) is 2. The van der Waals surface area contributed by atoms with Crippen LogP contribution in [-0.4, -0.2) is 16.0 Å². The molecule has 3 heteroatoms. The van der Waals surface area contributed by atoms with Crippen LogP contribution in [0.3, 0.4) is 0 Å². The second-order valence-corrected chi connectivity index (χ2v) is 5.57. The average molecular weight is 302 g/mol. The number of nitrogens with zero attached hydrogens (tertiary/aromatic N) is 1. The third kappa shape index (κ3) is 3.46. The molecule has 0 atom stereocenters. The molecular weight excluding hydrogens is 284 g/mol. The van der Waals surface area contributed by atoms with Crippen LogP contribution in [0.5, 0.6) is 0 Å². The SMILES string of the molecule is Cc1ccc(C(=O)/C=C/c2cc(-c3ccccc3)n[nH]2)cc1C. The zero-order valence-electron chi connectivity index (χ0n) is 13.2. The molecule has 0 saturated carbocycles. The Morgan fingerprint density at radius 2 is 1.78 bits per heavy atom. The van der Waals surface area contributed by atoms with Gasteiger partial charge in [-0.25, -0.2) is 0 Å². The maximum Gasteiger partial charge on any atom is 0.185 e. The van der Waals surface area contributed by atoms with E-state index in [1.165, 1.54) is 5.56 Å². The second-order valence-electron chi connectivity index (χ2n) is 5.57. The van der Waals surface area contributed by atoms with Gasteiger partial charge in [0.15, 0.2) is 5.78 Å². The molecule has 0 fully saturated rings. The molecule has 1 heterocycles. The molecule has 0 radical (unpaired) electrons. The Bertz CT molecular complexity index is 860. The number of aryl methyl sites for hydroxylation is 2. The molecule has 114 valence electrons. The summed E-state index contributed by atoms with van der Waals surface area (Å²) in [6.45, 7) is 4.05. The van der Waals surface area contributed by atoms with Gasteiger partial charge in [-0.3, -0.25) is 9.89 Å². The zero-order valence-corrected chi connectivity index (χ0v) is 13.2. The van der Waals surface area contributed by atoms with Gasteiger partial charge in [0, 0.05) is 11.1 Å². The summed E-state index contributed by atoms with van der Waals surface area (Å²) in [6, 6.07) is 17.6. The normalized spacial score (nSPS) is 11.0. The van der Waals surface area contributed by atoms with Crippen molar-refractivity contribution in [2.24, 2.45) is 0 Å². The summed E-state index contributed by atoms with van der Waals surface area (Å²) in [4.78, 5) is 12.2. The molecule has 0 aliphatic rings. The molecule has 23 heavy (non-hydrogen) atoms. The summed E-state index contributed by atoms with van der Waals surface area (Å²) in [6.07, 6.45) is 3.34. The molecule has 3 rings (SSSR count). The Morgan fingerprint density at radius 3 is 2.52 bits per heavy atom. The van der Waals surface area contributed by atoms with Crippen molar-refractivity contribution in [3.05, 3.63) is 83.1 Å². The zero-order chi connectivity index (χ0) is 16.2. The van der Waals surface area contributed by atoms with Crippen molar-refractivity contribution in [3.8, 4) is 11.3 Å². The first-order chi connectivity index (χ1) is 11.1. The molecular formula is C20H18N2O. The fourth-order valence-corrected chi connectivity index (χ4v) is 2.34. The molecule has 3 nitrogen and oxygen atoms in total. The van der Waals surface area contributed by atoms with E-state index >= 15 is 0 Å². The highest BCUT2D eigenvalue weighted by Gasteiger charge is 2.05. The van der Waals surface area contributed by atoms with Crippen LogP contribution in [0.4, 0.5) is 0 Å². The quantitative estimate of drug-likeness (QED) is 0.566. The molecule has 0 amide bonds. The molecule has 0 saturated heterocycles. The van der Waals surface area contributed by atoms with Crippen molar-refractivity contribution in [1.82, 2.24) is 10.2 Å². The van der Waals surface area contributed by atoms with Gasteiger partial charge in [-0.15, -0.1) is 0 Å². The molecule has 1 aromatic heterocycles. The van der Waals surface area contributed by atoms with E-state index < -0.39 is 0 Å². The molecule has 3 aromatic rings. The predicted octanol–water partition coefficient (Wildman–Crippen LogP) is 4.59. The lowest BCUT2D eigenvalue weighted by Crippen LogP contribution is -1.95. The van der Waals surface area contributed by atoms with Crippen molar-refractivity contribution in [1.29, 1.82) is 0 Å². The summed E-state index contributed by atoms with van der Waals surface area (Å²) in [5.74, 6) is -0.0102. The Labute approximate surface area is 135 Å². The van der Waals surface area contributed by atoms with E-state index in [1.54, 1.807) is 12.2 Å². The predicted molar refractivity (Wildman–Crippen MR) is 93.3 cm³/mol. The van der Waals surface area contributed by atoms with Crippen LogP contribution in [0.15, 0.2) is 60.7 Å². The Balaban J connectivity index is 1.76. The van der Waals surface area contributed by atoms with Gasteiger partial charge in [-0.2, -0.15) is 5.10 Å². The maximum atomic E-state index is 12.2. The highest BCUT2D eigenvalue weighted by molar-refractivity contribution is 6.06. The Morgan fingerprint density at radius 1 is 1.00 bits per heavy atom. The van der Waals surface area contributed by atoms with Gasteiger partial charge in [0.25, 0.3) is 0 Å². The number of carbonyl (C=O) groups is 1. The Kier molecular flexibility index (Phi) is 4.20. The smallest absolute Gasteiger partial charge is 0.185 e. The van der Waals surface area contributed by atoms with Gasteiger partial charge in [0.1, 0.15) is 0 Å². The number of H-pyrrole nitrogens is 1. The standard InChI is InChI=1S/C20H18N2O/c1-14-8-9-17(12-15(14)2)20(23)11-10-18-13-19(22-21-18)16-6-4-3-5-7-16/h3-13H,1-2H3,(H,21,22)/b11-10+. The van der Waals surface area contributed by atoms with E-state index in [1.807, 2.05) is 68.4 Å². The van der Waals surface area contributed by atoms with Gasteiger partial charge in [0.2, 0.25) is 0 Å². The van der Waals surface area contributed by atoms with Gasteiger partial charge in [0.05, 0.1) is 11.4 Å². The molecule has 0 aliphatic heterocycles. The van der Waals surface area contributed by atoms with Crippen LogP contribution in [0.1, 0.15) is 27.2 Å². The molecule has 0 aliphatic carbocycles. The summed E-state index contributed by atoms with van der Waals surface area (Å²) in [7, 11) is 0. The lowest BCUT2D eigenvalue weighted by Gasteiger charge is -2.01. The number of aromatic amines is 1. The van der Waals surface area contributed by atoms with Crippen LogP contribution in [0.25, 0.3) is 17.3 Å². The lowest BCUT2D eigenvalue weighted by atomic mass is 10.0. The molecule has 0 bridgehead atoms. The number of nitrogens with one attached hydrogen (secondary N) is 1. The van der Waals surface area contributed by atoms with E-state index in [2.05, 4.69) is 10.2 Å². The van der Waals surface area contributed by atoms with Crippen LogP contribution < -0.4 is 0 Å². The first-order valence-electron chi connectivity index (χ1n) is 7.54. The summed E-state index contributed by atoms with van der Waals surface area (Å²) < 4.78 is 0. The van der Waals surface area contributed by atoms with E-state index in [0.29, 0.717) is 5.56 Å². The maximum absolute atomic E-state index is 12.2. The number of carbonyl (C=O) groups excluding carboxylic acids is 1. The molecule has 0 spiro atoms. The second kappa shape index (κ2) is 6.44. The Hall–Kier alpha value is -2.94. The van der Waals surface area contributed by atoms with Crippen molar-refractivity contribution >= 4 is 11.9 Å². The van der Waals surface area contributed by atoms with Crippen molar-refractivity contribution in [2.45, 2.75) is 13.8 Å². The van der Waals surface area contributed by atoms with E-state index in [4.69, 9.17) is 0 Å².